The zero-order chi connectivity index (χ0) is 7.49. The van der Waals surface area contributed by atoms with E-state index >= 15 is 0 Å². The lowest BCUT2D eigenvalue weighted by molar-refractivity contribution is -1.17. The van der Waals surface area contributed by atoms with Crippen LogP contribution in [0.25, 0.3) is 0 Å². The molecule has 0 heterocycles. The van der Waals surface area contributed by atoms with Crippen molar-refractivity contribution in [1.29, 1.82) is 0 Å². The van der Waals surface area contributed by atoms with Crippen LogP contribution in [0.2, 0.25) is 0 Å². The Morgan fingerprint density at radius 1 is 1.33 bits per heavy atom. The molecule has 0 saturated heterocycles. The van der Waals surface area contributed by atoms with Gasteiger partial charge >= 0.3 is 5.91 Å². The summed E-state index contributed by atoms with van der Waals surface area (Å²) in [5.41, 5.74) is 0. The molecule has 9 heavy (non-hydrogen) atoms. The molecule has 0 aliphatic heterocycles. The van der Waals surface area contributed by atoms with Gasteiger partial charge < -0.3 is 0 Å². The van der Waals surface area contributed by atoms with Crippen LogP contribution in [0, 0.1) is 0 Å². The first-order valence-electron chi connectivity index (χ1n) is 2.56. The Hall–Kier alpha value is -0.450. The molecule has 0 rings (SSSR count). The Labute approximate surface area is 54.5 Å². The quantitative estimate of drug-likeness (QED) is 0.397. The van der Waals surface area contributed by atoms with Gasteiger partial charge in [0.05, 0.1) is 6.92 Å². The molecular formula is C5H12NO3+. The first-order chi connectivity index (χ1) is 4.06. The highest BCUT2D eigenvalue weighted by Gasteiger charge is 2.29. The summed E-state index contributed by atoms with van der Waals surface area (Å²) in [4.78, 5) is 19.6. The molecule has 0 aromatic heterocycles. The summed E-state index contributed by atoms with van der Waals surface area (Å²) in [6.45, 7) is 1.40. The number of nitrogens with zero attached hydrogens (tertiary/aromatic N) is 1. The SMILES string of the molecule is CO[N+](C)(OC)C(C)=O. The van der Waals surface area contributed by atoms with E-state index in [2.05, 4.69) is 0 Å². The van der Waals surface area contributed by atoms with E-state index in [1.54, 1.807) is 0 Å². The van der Waals surface area contributed by atoms with E-state index in [4.69, 9.17) is 9.68 Å². The van der Waals surface area contributed by atoms with E-state index in [-0.39, 0.29) is 5.91 Å². The summed E-state index contributed by atoms with van der Waals surface area (Å²) in [6, 6.07) is 0. The number of hydroxylamine groups is 4. The maximum atomic E-state index is 10.6. The van der Waals surface area contributed by atoms with Crippen molar-refractivity contribution in [1.82, 2.24) is 0 Å². The molecule has 0 aromatic rings. The van der Waals surface area contributed by atoms with Crippen LogP contribution in [-0.4, -0.2) is 32.0 Å². The van der Waals surface area contributed by atoms with Crippen LogP contribution >= 0.6 is 0 Å². The third kappa shape index (κ3) is 1.74. The second-order valence-corrected chi connectivity index (χ2v) is 1.73. The summed E-state index contributed by atoms with van der Waals surface area (Å²) in [5, 5.41) is 0. The van der Waals surface area contributed by atoms with Gasteiger partial charge in [-0.1, -0.05) is 0 Å². The molecule has 0 radical (unpaired) electrons. The molecular weight excluding hydrogens is 122 g/mol. The predicted octanol–water partition coefficient (Wildman–Crippen LogP) is 0.102. The standard InChI is InChI=1S/C5H12NO3/c1-5(7)6(2,8-3)9-4/h1-4H3/q+1. The Morgan fingerprint density at radius 2 is 1.67 bits per heavy atom. The average molecular weight is 134 g/mol. The van der Waals surface area contributed by atoms with E-state index in [9.17, 15) is 4.79 Å². The van der Waals surface area contributed by atoms with Crippen LogP contribution in [0.1, 0.15) is 6.92 Å². The molecule has 0 saturated carbocycles. The van der Waals surface area contributed by atoms with Gasteiger partial charge in [-0.3, -0.25) is 0 Å². The zero-order valence-corrected chi connectivity index (χ0v) is 6.17. The van der Waals surface area contributed by atoms with Gasteiger partial charge in [-0.05, 0) is 0 Å². The Balaban J connectivity index is 4.09. The summed E-state index contributed by atoms with van der Waals surface area (Å²) >= 11 is 0. The number of carbonyl (C=O) groups is 1. The second kappa shape index (κ2) is 2.91. The summed E-state index contributed by atoms with van der Waals surface area (Å²) in [5.74, 6) is -0.194. The van der Waals surface area contributed by atoms with Gasteiger partial charge in [0.25, 0.3) is 0 Å². The smallest absolute Gasteiger partial charge is 0.224 e. The lowest BCUT2D eigenvalue weighted by Gasteiger charge is -2.19. The minimum atomic E-state index is -0.444. The minimum Gasteiger partial charge on any atom is -0.224 e. The van der Waals surface area contributed by atoms with Crippen LogP contribution in [0.3, 0.4) is 0 Å². The first kappa shape index (κ1) is 8.55. The van der Waals surface area contributed by atoms with E-state index < -0.39 is 4.81 Å². The fourth-order valence-corrected chi connectivity index (χ4v) is 0.332. The van der Waals surface area contributed by atoms with Crippen molar-refractivity contribution >= 4 is 5.91 Å². The Morgan fingerprint density at radius 3 is 1.67 bits per heavy atom. The topological polar surface area (TPSA) is 35.5 Å². The van der Waals surface area contributed by atoms with Crippen LogP contribution in [0.5, 0.6) is 0 Å². The predicted molar refractivity (Wildman–Crippen MR) is 30.9 cm³/mol. The van der Waals surface area contributed by atoms with Crippen LogP contribution in [0.4, 0.5) is 0 Å². The molecule has 0 N–H and O–H groups in total. The molecule has 0 bridgehead atoms. The molecule has 1 amide bonds. The molecule has 0 aliphatic carbocycles. The molecule has 0 atom stereocenters. The fraction of sp³-hybridized carbons (Fsp3) is 0.800. The third-order valence-corrected chi connectivity index (χ3v) is 1.27. The average Bonchev–Trinajstić information content (AvgIpc) is 1.86. The van der Waals surface area contributed by atoms with Gasteiger partial charge in [-0.15, -0.1) is 0 Å². The molecule has 0 aliphatic rings. The van der Waals surface area contributed by atoms with Gasteiger partial charge in [-0.2, -0.15) is 9.68 Å². The number of rotatable bonds is 2. The lowest BCUT2D eigenvalue weighted by Crippen LogP contribution is -2.45. The maximum absolute atomic E-state index is 10.6. The summed E-state index contributed by atoms with van der Waals surface area (Å²) in [6.07, 6.45) is 0. The first-order valence-corrected chi connectivity index (χ1v) is 2.56. The highest BCUT2D eigenvalue weighted by Crippen LogP contribution is 2.01. The van der Waals surface area contributed by atoms with Gasteiger partial charge in [0.15, 0.2) is 0 Å². The molecule has 4 heteroatoms. The van der Waals surface area contributed by atoms with Crippen molar-refractivity contribution in [2.75, 3.05) is 21.3 Å². The monoisotopic (exact) mass is 134 g/mol. The summed E-state index contributed by atoms with van der Waals surface area (Å²) in [7, 11) is 4.33. The maximum Gasteiger partial charge on any atom is 0.375 e. The van der Waals surface area contributed by atoms with Crippen LogP contribution in [0.15, 0.2) is 0 Å². The fourth-order valence-electron chi connectivity index (χ4n) is 0.332. The third-order valence-electron chi connectivity index (χ3n) is 1.27. The van der Waals surface area contributed by atoms with Crippen LogP contribution in [-0.2, 0) is 14.5 Å². The molecule has 54 valence electrons. The van der Waals surface area contributed by atoms with Gasteiger partial charge in [-0.25, -0.2) is 4.79 Å². The van der Waals surface area contributed by atoms with Crippen molar-refractivity contribution in [2.45, 2.75) is 6.92 Å². The number of quaternary nitrogens is 1. The number of amides is 1. The molecule has 0 fully saturated rings. The van der Waals surface area contributed by atoms with Crippen molar-refractivity contribution in [3.63, 3.8) is 0 Å². The molecule has 0 unspecified atom stereocenters. The molecule has 0 spiro atoms. The molecule has 0 aromatic carbocycles. The van der Waals surface area contributed by atoms with Gasteiger partial charge in [0.1, 0.15) is 21.3 Å². The second-order valence-electron chi connectivity index (χ2n) is 1.73. The van der Waals surface area contributed by atoms with E-state index in [0.717, 1.165) is 0 Å². The normalized spacial score (nSPS) is 11.6. The number of hydrogen-bond donors (Lipinski definition) is 0. The van der Waals surface area contributed by atoms with Crippen LogP contribution < -0.4 is 0 Å². The highest BCUT2D eigenvalue weighted by atomic mass is 17.0. The van der Waals surface area contributed by atoms with Gasteiger partial charge in [0, 0.05) is 4.81 Å². The highest BCUT2D eigenvalue weighted by molar-refractivity contribution is 5.64. The lowest BCUT2D eigenvalue weighted by atomic mass is 10.7. The van der Waals surface area contributed by atoms with Crippen molar-refractivity contribution in [3.8, 4) is 0 Å². The number of hydrogen-bond acceptors (Lipinski definition) is 3. The van der Waals surface area contributed by atoms with E-state index in [1.807, 2.05) is 0 Å². The number of carbonyl (C=O) groups excluding carboxylic acids is 1. The van der Waals surface area contributed by atoms with E-state index in [1.165, 1.54) is 28.2 Å². The largest absolute Gasteiger partial charge is 0.375 e. The van der Waals surface area contributed by atoms with E-state index in [0.29, 0.717) is 0 Å². The van der Waals surface area contributed by atoms with Gasteiger partial charge in [0.2, 0.25) is 0 Å². The van der Waals surface area contributed by atoms with Crippen molar-refractivity contribution in [2.24, 2.45) is 0 Å². The Bertz CT molecular complexity index is 109. The zero-order valence-electron chi connectivity index (χ0n) is 6.17. The van der Waals surface area contributed by atoms with Crippen molar-refractivity contribution in [3.05, 3.63) is 0 Å². The minimum absolute atomic E-state index is 0.194. The van der Waals surface area contributed by atoms with Crippen molar-refractivity contribution < 1.29 is 19.3 Å². The molecule has 4 nitrogen and oxygen atoms in total. The Kier molecular flexibility index (Phi) is 2.76. The summed E-state index contributed by atoms with van der Waals surface area (Å²) < 4.78 is 0.